The molecule has 30 heavy (non-hydrogen) atoms. The second-order valence-corrected chi connectivity index (χ2v) is 7.47. The Morgan fingerprint density at radius 1 is 1.37 bits per heavy atom. The van der Waals surface area contributed by atoms with Crippen LogP contribution in [0.5, 0.6) is 5.75 Å². The van der Waals surface area contributed by atoms with Crippen molar-refractivity contribution < 1.29 is 18.7 Å². The summed E-state index contributed by atoms with van der Waals surface area (Å²) in [6.07, 6.45) is 2.23. The van der Waals surface area contributed by atoms with Crippen LogP contribution in [-0.4, -0.2) is 47.0 Å². The third-order valence-electron chi connectivity index (χ3n) is 5.31. The number of ether oxygens (including phenoxy) is 1. The van der Waals surface area contributed by atoms with Crippen LogP contribution < -0.4 is 15.4 Å². The van der Waals surface area contributed by atoms with Gasteiger partial charge in [0, 0.05) is 30.5 Å². The van der Waals surface area contributed by atoms with Gasteiger partial charge in [-0.05, 0) is 37.6 Å². The van der Waals surface area contributed by atoms with Crippen molar-refractivity contribution in [3.63, 3.8) is 0 Å². The summed E-state index contributed by atoms with van der Waals surface area (Å²) >= 11 is 0. The number of nitrogens with zero attached hydrogens (tertiary/aromatic N) is 3. The largest absolute Gasteiger partial charge is 0.475 e. The summed E-state index contributed by atoms with van der Waals surface area (Å²) < 4.78 is 20.2. The first-order valence-electron chi connectivity index (χ1n) is 9.72. The lowest BCUT2D eigenvalue weighted by atomic mass is 9.91. The minimum atomic E-state index is -1.62. The number of anilines is 1. The van der Waals surface area contributed by atoms with Crippen molar-refractivity contribution in [3.8, 4) is 23.1 Å². The summed E-state index contributed by atoms with van der Waals surface area (Å²) in [6, 6.07) is 8.39. The Labute approximate surface area is 172 Å². The number of alkyl halides is 1. The molecule has 1 aromatic heterocycles. The Balaban J connectivity index is 1.59. The number of nitriles is 1. The fourth-order valence-corrected chi connectivity index (χ4v) is 3.34. The third kappa shape index (κ3) is 4.00. The molecule has 0 radical (unpaired) electrons. The van der Waals surface area contributed by atoms with E-state index in [0.717, 1.165) is 12.8 Å². The van der Waals surface area contributed by atoms with Crippen molar-refractivity contribution in [1.82, 2.24) is 15.3 Å². The first-order valence-corrected chi connectivity index (χ1v) is 9.72. The van der Waals surface area contributed by atoms with Crippen LogP contribution in [-0.2, 0) is 9.59 Å². The van der Waals surface area contributed by atoms with Crippen LogP contribution in [0.25, 0.3) is 11.3 Å². The second kappa shape index (κ2) is 8.16. The average Bonchev–Trinajstić information content (AvgIpc) is 3.61. The van der Waals surface area contributed by atoms with Gasteiger partial charge in [0.05, 0.1) is 11.3 Å². The number of hydrogen-bond donors (Lipinski definition) is 2. The van der Waals surface area contributed by atoms with Gasteiger partial charge in [-0.15, -0.1) is 0 Å². The Hall–Kier alpha value is -3.38. The van der Waals surface area contributed by atoms with Crippen LogP contribution in [0.2, 0.25) is 0 Å². The van der Waals surface area contributed by atoms with Gasteiger partial charge in [0.15, 0.2) is 18.1 Å². The fraction of sp³-hybridized carbons (Fsp3) is 0.381. The molecule has 1 saturated heterocycles. The first kappa shape index (κ1) is 19.9. The van der Waals surface area contributed by atoms with Crippen molar-refractivity contribution in [2.45, 2.75) is 31.0 Å². The maximum atomic E-state index is 14.4. The smallest absolute Gasteiger partial charge is 0.228 e. The number of aldehydes is 1. The van der Waals surface area contributed by atoms with Crippen molar-refractivity contribution in [2.24, 2.45) is 5.92 Å². The molecule has 8 nitrogen and oxygen atoms in total. The van der Waals surface area contributed by atoms with E-state index in [0.29, 0.717) is 29.9 Å². The molecule has 2 N–H and O–H groups in total. The molecule has 2 atom stereocenters. The maximum absolute atomic E-state index is 14.4. The molecular formula is C21H20FN5O3. The number of halogens is 1. The van der Waals surface area contributed by atoms with Crippen molar-refractivity contribution in [3.05, 3.63) is 36.2 Å². The van der Waals surface area contributed by atoms with Crippen molar-refractivity contribution in [1.29, 1.82) is 5.26 Å². The number of benzene rings is 1. The number of amides is 1. The van der Waals surface area contributed by atoms with E-state index < -0.39 is 11.8 Å². The fourth-order valence-electron chi connectivity index (χ4n) is 3.34. The Morgan fingerprint density at radius 2 is 2.20 bits per heavy atom. The highest BCUT2D eigenvalue weighted by Gasteiger charge is 2.44. The standard InChI is InChI=1S/C21H20FN5O3/c22-18-10-24-6-5-21(18,11-28)30-17-4-3-14(7-15(17)9-23)16-8-19(26-12-25-16)27-20(29)13-1-2-13/h3-4,7-8,11-13,18,24H,1-2,5-6,10H2,(H,25,26,27,29)/t18-,21+/m1/s1. The zero-order chi connectivity index (χ0) is 21.1. The van der Waals surface area contributed by atoms with Gasteiger partial charge in [0.2, 0.25) is 5.91 Å². The normalized spacial score (nSPS) is 23.3. The number of hydrogen-bond acceptors (Lipinski definition) is 7. The van der Waals surface area contributed by atoms with E-state index in [2.05, 4.69) is 20.6 Å². The van der Waals surface area contributed by atoms with Gasteiger partial charge in [-0.3, -0.25) is 9.59 Å². The van der Waals surface area contributed by atoms with Gasteiger partial charge in [0.1, 0.15) is 24.0 Å². The van der Waals surface area contributed by atoms with E-state index in [1.54, 1.807) is 18.2 Å². The van der Waals surface area contributed by atoms with E-state index in [1.165, 1.54) is 12.4 Å². The Kier molecular flexibility index (Phi) is 5.42. The van der Waals surface area contributed by atoms with Gasteiger partial charge >= 0.3 is 0 Å². The highest BCUT2D eigenvalue weighted by molar-refractivity contribution is 5.93. The lowest BCUT2D eigenvalue weighted by Gasteiger charge is -2.36. The minimum Gasteiger partial charge on any atom is -0.475 e. The summed E-state index contributed by atoms with van der Waals surface area (Å²) in [4.78, 5) is 31.8. The van der Waals surface area contributed by atoms with Crippen LogP contribution in [0.4, 0.5) is 10.2 Å². The number of aromatic nitrogens is 2. The molecular weight excluding hydrogens is 389 g/mol. The predicted molar refractivity (Wildman–Crippen MR) is 105 cm³/mol. The molecule has 2 heterocycles. The zero-order valence-corrected chi connectivity index (χ0v) is 16.1. The minimum absolute atomic E-state index is 0.00893. The summed E-state index contributed by atoms with van der Waals surface area (Å²) in [5.41, 5.74) is -0.352. The van der Waals surface area contributed by atoms with E-state index in [1.807, 2.05) is 6.07 Å². The highest BCUT2D eigenvalue weighted by Crippen LogP contribution is 2.33. The SMILES string of the molecule is N#Cc1cc(-c2cc(NC(=O)C3CC3)ncn2)ccc1O[C@]1(C=O)CCNC[C@H]1F. The molecule has 1 saturated carbocycles. The summed E-state index contributed by atoms with van der Waals surface area (Å²) in [7, 11) is 0. The Morgan fingerprint density at radius 3 is 2.90 bits per heavy atom. The predicted octanol–water partition coefficient (Wildman–Crippen LogP) is 2.01. The van der Waals surface area contributed by atoms with Crippen LogP contribution in [0.15, 0.2) is 30.6 Å². The van der Waals surface area contributed by atoms with Crippen LogP contribution in [0, 0.1) is 17.2 Å². The molecule has 1 aliphatic carbocycles. The maximum Gasteiger partial charge on any atom is 0.228 e. The molecule has 0 unspecified atom stereocenters. The van der Waals surface area contributed by atoms with Crippen molar-refractivity contribution >= 4 is 18.0 Å². The Bertz CT molecular complexity index is 1020. The number of carbonyl (C=O) groups excluding carboxylic acids is 2. The van der Waals surface area contributed by atoms with E-state index >= 15 is 0 Å². The summed E-state index contributed by atoms with van der Waals surface area (Å²) in [6.45, 7) is 0.449. The van der Waals surface area contributed by atoms with Crippen LogP contribution in [0.3, 0.4) is 0 Å². The van der Waals surface area contributed by atoms with Crippen LogP contribution in [0.1, 0.15) is 24.8 Å². The third-order valence-corrected chi connectivity index (χ3v) is 5.31. The summed E-state index contributed by atoms with van der Waals surface area (Å²) in [5.74, 6) is 0.493. The van der Waals surface area contributed by atoms with Gasteiger partial charge in [0.25, 0.3) is 0 Å². The highest BCUT2D eigenvalue weighted by atomic mass is 19.1. The molecule has 2 fully saturated rings. The zero-order valence-electron chi connectivity index (χ0n) is 16.1. The molecule has 0 spiro atoms. The first-order chi connectivity index (χ1) is 14.5. The van der Waals surface area contributed by atoms with E-state index in [-0.39, 0.29) is 36.1 Å². The summed E-state index contributed by atoms with van der Waals surface area (Å²) in [5, 5.41) is 15.2. The molecule has 1 aromatic carbocycles. The van der Waals surface area contributed by atoms with Crippen molar-refractivity contribution in [2.75, 3.05) is 18.4 Å². The average molecular weight is 409 g/mol. The van der Waals surface area contributed by atoms with Gasteiger partial charge < -0.3 is 15.4 Å². The molecule has 154 valence electrons. The number of rotatable bonds is 6. The molecule has 9 heteroatoms. The van der Waals surface area contributed by atoms with Gasteiger partial charge in [-0.25, -0.2) is 14.4 Å². The molecule has 1 amide bonds. The molecule has 1 aliphatic heterocycles. The number of carbonyl (C=O) groups is 2. The quantitative estimate of drug-likeness (QED) is 0.701. The molecule has 2 aromatic rings. The second-order valence-electron chi connectivity index (χ2n) is 7.47. The lowest BCUT2D eigenvalue weighted by Crippen LogP contribution is -2.56. The molecule has 4 rings (SSSR count). The number of piperidine rings is 1. The lowest BCUT2D eigenvalue weighted by molar-refractivity contribution is -0.129. The van der Waals surface area contributed by atoms with E-state index in [4.69, 9.17) is 4.74 Å². The van der Waals surface area contributed by atoms with E-state index in [9.17, 15) is 19.2 Å². The topological polar surface area (TPSA) is 117 Å². The number of nitrogens with one attached hydrogen (secondary N) is 2. The van der Waals surface area contributed by atoms with Crippen LogP contribution >= 0.6 is 0 Å². The monoisotopic (exact) mass is 409 g/mol. The molecule has 2 aliphatic rings. The van der Waals surface area contributed by atoms with Gasteiger partial charge in [-0.1, -0.05) is 0 Å². The molecule has 0 bridgehead atoms. The van der Waals surface area contributed by atoms with Gasteiger partial charge in [-0.2, -0.15) is 5.26 Å².